The Balaban J connectivity index is 1.54. The van der Waals surface area contributed by atoms with Gasteiger partial charge in [0.05, 0.1) is 17.9 Å². The van der Waals surface area contributed by atoms with Crippen LogP contribution in [0.5, 0.6) is 0 Å². The van der Waals surface area contributed by atoms with Gasteiger partial charge in [0.1, 0.15) is 5.76 Å². The molecule has 1 aliphatic rings. The molecule has 4 heterocycles. The summed E-state index contributed by atoms with van der Waals surface area (Å²) >= 11 is 0. The molecule has 7 nitrogen and oxygen atoms in total. The van der Waals surface area contributed by atoms with Gasteiger partial charge in [-0.2, -0.15) is 5.10 Å². The summed E-state index contributed by atoms with van der Waals surface area (Å²) < 4.78 is 6.87. The molecule has 1 aliphatic heterocycles. The van der Waals surface area contributed by atoms with Gasteiger partial charge in [0, 0.05) is 36.6 Å². The van der Waals surface area contributed by atoms with Gasteiger partial charge >= 0.3 is 0 Å². The Morgan fingerprint density at radius 2 is 2.23 bits per heavy atom. The molecule has 0 saturated carbocycles. The Bertz CT molecular complexity index is 934. The molecule has 3 aromatic rings. The van der Waals surface area contributed by atoms with Crippen LogP contribution in [0.15, 0.2) is 52.3 Å². The second-order valence-electron chi connectivity index (χ2n) is 6.60. The number of pyridine rings is 1. The lowest BCUT2D eigenvalue weighted by Crippen LogP contribution is -2.36. The van der Waals surface area contributed by atoms with Crippen molar-refractivity contribution in [2.75, 3.05) is 6.54 Å². The van der Waals surface area contributed by atoms with Gasteiger partial charge in [0.25, 0.3) is 5.56 Å². The van der Waals surface area contributed by atoms with E-state index >= 15 is 0 Å². The van der Waals surface area contributed by atoms with Crippen molar-refractivity contribution in [3.63, 3.8) is 0 Å². The molecule has 0 bridgehead atoms. The highest BCUT2D eigenvalue weighted by Gasteiger charge is 2.26. The number of rotatable bonds is 5. The van der Waals surface area contributed by atoms with E-state index in [9.17, 15) is 4.79 Å². The van der Waals surface area contributed by atoms with Crippen LogP contribution in [-0.2, 0) is 13.1 Å². The molecule has 0 aliphatic carbocycles. The van der Waals surface area contributed by atoms with Crippen LogP contribution in [-0.4, -0.2) is 37.2 Å². The van der Waals surface area contributed by atoms with Gasteiger partial charge in [0.15, 0.2) is 6.39 Å². The second kappa shape index (κ2) is 7.21. The molecule has 4 rings (SSSR count). The first kappa shape index (κ1) is 16.7. The molecule has 1 unspecified atom stereocenters. The maximum Gasteiger partial charge on any atom is 0.266 e. The summed E-state index contributed by atoms with van der Waals surface area (Å²) in [6.07, 6.45) is 7.12. The number of hydrogen-bond donors (Lipinski definition) is 0. The first-order valence-corrected chi connectivity index (χ1v) is 8.82. The van der Waals surface area contributed by atoms with Crippen molar-refractivity contribution in [1.82, 2.24) is 24.6 Å². The summed E-state index contributed by atoms with van der Waals surface area (Å²) in [4.78, 5) is 23.1. The predicted octanol–water partition coefficient (Wildman–Crippen LogP) is 2.27. The molecule has 3 aromatic heterocycles. The SMILES string of the molecule is Cc1ocnc1CN1CCCC1Cn1nc(-c2cccnc2)ccc1=O. The Hall–Kier alpha value is -2.80. The van der Waals surface area contributed by atoms with Crippen LogP contribution in [0.3, 0.4) is 0 Å². The molecule has 26 heavy (non-hydrogen) atoms. The van der Waals surface area contributed by atoms with Gasteiger partial charge < -0.3 is 4.42 Å². The summed E-state index contributed by atoms with van der Waals surface area (Å²) in [5, 5.41) is 4.56. The van der Waals surface area contributed by atoms with E-state index in [1.165, 1.54) is 6.39 Å². The molecule has 0 spiro atoms. The molecule has 1 fully saturated rings. The fourth-order valence-corrected chi connectivity index (χ4v) is 3.43. The summed E-state index contributed by atoms with van der Waals surface area (Å²) in [5.74, 6) is 0.851. The normalized spacial score (nSPS) is 17.7. The fourth-order valence-electron chi connectivity index (χ4n) is 3.43. The lowest BCUT2D eigenvalue weighted by Gasteiger charge is -2.24. The van der Waals surface area contributed by atoms with Gasteiger partial charge in [-0.05, 0) is 44.5 Å². The third kappa shape index (κ3) is 3.43. The van der Waals surface area contributed by atoms with Crippen molar-refractivity contribution >= 4 is 0 Å². The van der Waals surface area contributed by atoms with Crippen LogP contribution >= 0.6 is 0 Å². The van der Waals surface area contributed by atoms with E-state index < -0.39 is 0 Å². The summed E-state index contributed by atoms with van der Waals surface area (Å²) in [6, 6.07) is 7.41. The zero-order valence-corrected chi connectivity index (χ0v) is 14.7. The largest absolute Gasteiger partial charge is 0.448 e. The van der Waals surface area contributed by atoms with Gasteiger partial charge in [-0.25, -0.2) is 9.67 Å². The number of aryl methyl sites for hydroxylation is 1. The Morgan fingerprint density at radius 1 is 1.31 bits per heavy atom. The predicted molar refractivity (Wildman–Crippen MR) is 96.4 cm³/mol. The molecular formula is C19H21N5O2. The molecule has 7 heteroatoms. The molecular weight excluding hydrogens is 330 g/mol. The highest BCUT2D eigenvalue weighted by atomic mass is 16.3. The van der Waals surface area contributed by atoms with Crippen LogP contribution in [0.4, 0.5) is 0 Å². The van der Waals surface area contributed by atoms with Gasteiger partial charge in [-0.15, -0.1) is 0 Å². The molecule has 0 radical (unpaired) electrons. The minimum atomic E-state index is -0.0814. The van der Waals surface area contributed by atoms with Crippen molar-refractivity contribution in [2.24, 2.45) is 0 Å². The third-order valence-corrected chi connectivity index (χ3v) is 4.90. The van der Waals surface area contributed by atoms with Crippen molar-refractivity contribution in [2.45, 2.75) is 38.9 Å². The van der Waals surface area contributed by atoms with E-state index in [2.05, 4.69) is 20.0 Å². The average Bonchev–Trinajstić information content (AvgIpc) is 3.27. The molecule has 1 atom stereocenters. The van der Waals surface area contributed by atoms with Crippen molar-refractivity contribution in [3.8, 4) is 11.3 Å². The van der Waals surface area contributed by atoms with Crippen LogP contribution < -0.4 is 5.56 Å². The lowest BCUT2D eigenvalue weighted by atomic mass is 10.2. The van der Waals surface area contributed by atoms with Crippen molar-refractivity contribution in [3.05, 3.63) is 64.9 Å². The monoisotopic (exact) mass is 351 g/mol. The van der Waals surface area contributed by atoms with Gasteiger partial charge in [-0.3, -0.25) is 14.7 Å². The maximum atomic E-state index is 12.3. The van der Waals surface area contributed by atoms with E-state index in [1.54, 1.807) is 29.2 Å². The van der Waals surface area contributed by atoms with Crippen LogP contribution in [0.25, 0.3) is 11.3 Å². The highest BCUT2D eigenvalue weighted by Crippen LogP contribution is 2.22. The molecule has 134 valence electrons. The molecule has 1 saturated heterocycles. The number of nitrogens with zero attached hydrogens (tertiary/aromatic N) is 5. The van der Waals surface area contributed by atoms with E-state index in [1.807, 2.05) is 19.1 Å². The van der Waals surface area contributed by atoms with Gasteiger partial charge in [-0.1, -0.05) is 0 Å². The molecule has 0 N–H and O–H groups in total. The quantitative estimate of drug-likeness (QED) is 0.702. The number of oxazole rings is 1. The molecule has 0 amide bonds. The first-order chi connectivity index (χ1) is 12.7. The first-order valence-electron chi connectivity index (χ1n) is 8.82. The van der Waals surface area contributed by atoms with Crippen LogP contribution in [0, 0.1) is 6.92 Å². The topological polar surface area (TPSA) is 77.1 Å². The summed E-state index contributed by atoms with van der Waals surface area (Å²) in [5.41, 5.74) is 2.54. The number of aromatic nitrogens is 4. The zero-order valence-electron chi connectivity index (χ0n) is 14.7. The minimum absolute atomic E-state index is 0.0814. The third-order valence-electron chi connectivity index (χ3n) is 4.90. The minimum Gasteiger partial charge on any atom is -0.448 e. The van der Waals surface area contributed by atoms with Gasteiger partial charge in [0.2, 0.25) is 0 Å². The fraction of sp³-hybridized carbons (Fsp3) is 0.368. The molecule has 0 aromatic carbocycles. The average molecular weight is 351 g/mol. The highest BCUT2D eigenvalue weighted by molar-refractivity contribution is 5.56. The standard InChI is InChI=1S/C19H21N5O2/c1-14-18(21-13-26-14)12-23-9-3-5-16(23)11-24-19(25)7-6-17(22-24)15-4-2-8-20-10-15/h2,4,6-8,10,13,16H,3,5,9,11-12H2,1H3. The van der Waals surface area contributed by atoms with E-state index in [0.29, 0.717) is 6.54 Å². The van der Waals surface area contributed by atoms with Crippen LogP contribution in [0.2, 0.25) is 0 Å². The van der Waals surface area contributed by atoms with Crippen molar-refractivity contribution < 1.29 is 4.42 Å². The maximum absolute atomic E-state index is 12.3. The lowest BCUT2D eigenvalue weighted by molar-refractivity contribution is 0.214. The van der Waals surface area contributed by atoms with E-state index in [0.717, 1.165) is 48.6 Å². The number of likely N-dealkylation sites (tertiary alicyclic amines) is 1. The second-order valence-corrected chi connectivity index (χ2v) is 6.60. The summed E-state index contributed by atoms with van der Waals surface area (Å²) in [6.45, 7) is 4.23. The Labute approximate surface area is 151 Å². The Morgan fingerprint density at radius 3 is 3.00 bits per heavy atom. The van der Waals surface area contributed by atoms with Crippen LogP contribution in [0.1, 0.15) is 24.3 Å². The zero-order chi connectivity index (χ0) is 17.9. The number of hydrogen-bond acceptors (Lipinski definition) is 6. The Kier molecular flexibility index (Phi) is 4.62. The smallest absolute Gasteiger partial charge is 0.266 e. The van der Waals surface area contributed by atoms with E-state index in [4.69, 9.17) is 4.42 Å². The summed E-state index contributed by atoms with van der Waals surface area (Å²) in [7, 11) is 0. The van der Waals surface area contributed by atoms with Crippen molar-refractivity contribution in [1.29, 1.82) is 0 Å². The van der Waals surface area contributed by atoms with E-state index in [-0.39, 0.29) is 11.6 Å².